The molecule has 200 valence electrons. The molecule has 3 saturated heterocycles. The highest BCUT2D eigenvalue weighted by Crippen LogP contribution is 2.42. The average molecular weight is 507 g/mol. The molecule has 4 aliphatic rings. The van der Waals surface area contributed by atoms with Gasteiger partial charge in [0.05, 0.1) is 5.71 Å². The third kappa shape index (κ3) is 5.39. The molecular weight excluding hydrogens is 466 g/mol. The summed E-state index contributed by atoms with van der Waals surface area (Å²) in [5.41, 5.74) is -0.835. The van der Waals surface area contributed by atoms with Crippen molar-refractivity contribution in [1.82, 2.24) is 14.7 Å². The lowest BCUT2D eigenvalue weighted by Crippen LogP contribution is -2.60. The number of hydrogen-bond acceptors (Lipinski definition) is 7. The summed E-state index contributed by atoms with van der Waals surface area (Å²) in [6, 6.07) is 4.44. The van der Waals surface area contributed by atoms with Crippen LogP contribution in [0.3, 0.4) is 0 Å². The van der Waals surface area contributed by atoms with Crippen molar-refractivity contribution in [2.24, 2.45) is 11.1 Å². The van der Waals surface area contributed by atoms with Crippen molar-refractivity contribution in [1.29, 1.82) is 0 Å². The summed E-state index contributed by atoms with van der Waals surface area (Å²) in [6.07, 6.45) is 3.79. The van der Waals surface area contributed by atoms with Gasteiger partial charge in [0.15, 0.2) is 5.67 Å². The van der Waals surface area contributed by atoms with E-state index in [-0.39, 0.29) is 5.82 Å². The molecule has 36 heavy (non-hydrogen) atoms. The Kier molecular flexibility index (Phi) is 7.54. The normalized spacial score (nSPS) is 27.5. The first-order chi connectivity index (χ1) is 17.3. The summed E-state index contributed by atoms with van der Waals surface area (Å²) >= 11 is 0. The number of aliphatic hydroxyl groups is 1. The Balaban J connectivity index is 1.16. The van der Waals surface area contributed by atoms with E-state index in [4.69, 9.17) is 9.57 Å². The molecule has 9 heteroatoms. The molecule has 0 amide bonds. The van der Waals surface area contributed by atoms with E-state index in [1.165, 1.54) is 32.1 Å². The predicted octanol–water partition coefficient (Wildman–Crippen LogP) is 3.26. The van der Waals surface area contributed by atoms with Gasteiger partial charge >= 0.3 is 0 Å². The van der Waals surface area contributed by atoms with Crippen LogP contribution >= 0.6 is 0 Å². The van der Waals surface area contributed by atoms with Gasteiger partial charge in [0.2, 0.25) is 0 Å². The van der Waals surface area contributed by atoms with Gasteiger partial charge in [-0.2, -0.15) is 0 Å². The molecule has 4 heterocycles. The summed E-state index contributed by atoms with van der Waals surface area (Å²) in [5, 5.41) is 15.3. The predicted molar refractivity (Wildman–Crippen MR) is 134 cm³/mol. The monoisotopic (exact) mass is 506 g/mol. The number of alkyl halides is 1. The summed E-state index contributed by atoms with van der Waals surface area (Å²) < 4.78 is 36.2. The summed E-state index contributed by atoms with van der Waals surface area (Å²) in [4.78, 5) is 11.7. The minimum absolute atomic E-state index is 0.347. The Hall–Kier alpha value is -1.81. The van der Waals surface area contributed by atoms with Crippen LogP contribution in [0.4, 0.5) is 8.78 Å². The van der Waals surface area contributed by atoms with Crippen LogP contribution in [-0.2, 0) is 4.84 Å². The molecule has 0 bridgehead atoms. The molecule has 0 aliphatic carbocycles. The van der Waals surface area contributed by atoms with Gasteiger partial charge in [-0.25, -0.2) is 8.78 Å². The Bertz CT molecular complexity index is 937. The largest absolute Gasteiger partial charge is 0.486 e. The molecule has 1 aromatic rings. The molecule has 7 nitrogen and oxygen atoms in total. The Morgan fingerprint density at radius 1 is 1.11 bits per heavy atom. The van der Waals surface area contributed by atoms with Crippen molar-refractivity contribution >= 4 is 5.71 Å². The number of piperidine rings is 3. The molecule has 3 fully saturated rings. The number of ether oxygens (including phenoxy) is 1. The van der Waals surface area contributed by atoms with Gasteiger partial charge in [-0.15, -0.1) is 0 Å². The number of hydrogen-bond donors (Lipinski definition) is 1. The molecule has 1 spiro atoms. The zero-order valence-electron chi connectivity index (χ0n) is 21.6. The molecule has 1 aromatic carbocycles. The summed E-state index contributed by atoms with van der Waals surface area (Å²) in [5.74, 6) is 0.937. The minimum atomic E-state index is -1.59. The van der Waals surface area contributed by atoms with Crippen LogP contribution in [0.1, 0.15) is 50.5 Å². The van der Waals surface area contributed by atoms with Gasteiger partial charge < -0.3 is 24.5 Å². The lowest BCUT2D eigenvalue weighted by molar-refractivity contribution is -0.148. The van der Waals surface area contributed by atoms with Gasteiger partial charge in [-0.1, -0.05) is 5.16 Å². The third-order valence-electron chi connectivity index (χ3n) is 8.83. The fourth-order valence-corrected chi connectivity index (χ4v) is 6.44. The highest BCUT2D eigenvalue weighted by molar-refractivity contribution is 6.04. The Labute approximate surface area is 213 Å². The molecule has 0 aromatic heterocycles. The number of nitrogens with zero attached hydrogens (tertiary/aromatic N) is 4. The van der Waals surface area contributed by atoms with Gasteiger partial charge in [-0.05, 0) is 69.9 Å². The lowest BCUT2D eigenvalue weighted by Gasteiger charge is -2.49. The first-order valence-electron chi connectivity index (χ1n) is 13.4. The Morgan fingerprint density at radius 3 is 2.47 bits per heavy atom. The maximum absolute atomic E-state index is 16.0. The lowest BCUT2D eigenvalue weighted by atomic mass is 9.81. The maximum Gasteiger partial charge on any atom is 0.152 e. The van der Waals surface area contributed by atoms with E-state index < -0.39 is 17.5 Å². The fraction of sp³-hybridized carbons (Fsp3) is 0.741. The fourth-order valence-electron chi connectivity index (χ4n) is 6.44. The topological polar surface area (TPSA) is 60.8 Å². The van der Waals surface area contributed by atoms with Crippen LogP contribution < -0.4 is 4.74 Å². The minimum Gasteiger partial charge on any atom is -0.486 e. The van der Waals surface area contributed by atoms with E-state index in [1.54, 1.807) is 6.07 Å². The SMILES string of the molecule is CON=C1CC2(CCN(C(O)C3(F)CCN(CC4CCN(C)CC4)CC3)CC2)Oc2ccc(F)cc21. The van der Waals surface area contributed by atoms with Gasteiger partial charge in [-0.3, -0.25) is 4.90 Å². The number of fused-ring (bicyclic) bond motifs is 1. The highest BCUT2D eigenvalue weighted by Gasteiger charge is 2.48. The van der Waals surface area contributed by atoms with E-state index in [9.17, 15) is 9.50 Å². The van der Waals surface area contributed by atoms with Crippen LogP contribution in [0.25, 0.3) is 0 Å². The zero-order valence-corrected chi connectivity index (χ0v) is 21.6. The molecule has 4 aliphatic heterocycles. The van der Waals surface area contributed by atoms with E-state index in [2.05, 4.69) is 22.0 Å². The van der Waals surface area contributed by atoms with Crippen molar-refractivity contribution in [2.75, 3.05) is 60.0 Å². The maximum atomic E-state index is 16.0. The van der Waals surface area contributed by atoms with Gasteiger partial charge in [0, 0.05) is 57.5 Å². The van der Waals surface area contributed by atoms with Crippen molar-refractivity contribution in [3.63, 3.8) is 0 Å². The first kappa shape index (κ1) is 25.8. The quantitative estimate of drug-likeness (QED) is 0.619. The average Bonchev–Trinajstić information content (AvgIpc) is 2.88. The second-order valence-corrected chi connectivity index (χ2v) is 11.3. The molecule has 0 radical (unpaired) electrons. The van der Waals surface area contributed by atoms with Crippen LogP contribution in [0.2, 0.25) is 0 Å². The highest BCUT2D eigenvalue weighted by atomic mass is 19.1. The number of rotatable bonds is 5. The molecule has 0 saturated carbocycles. The smallest absolute Gasteiger partial charge is 0.152 e. The molecule has 5 rings (SSSR count). The standard InChI is InChI=1S/C27H40F2N4O3/c1-31-11-5-20(6-12-31)19-32-13-9-27(29,10-14-32)25(34)33-15-7-26(8-16-33)18-23(30-35-2)22-17-21(28)3-4-24(22)36-26/h3-4,17,20,25,34H,5-16,18-19H2,1-2H3. The van der Waals surface area contributed by atoms with Crippen LogP contribution in [0.5, 0.6) is 5.75 Å². The first-order valence-corrected chi connectivity index (χ1v) is 13.4. The Morgan fingerprint density at radius 2 is 1.81 bits per heavy atom. The van der Waals surface area contributed by atoms with Crippen molar-refractivity contribution in [3.8, 4) is 5.75 Å². The molecule has 1 unspecified atom stereocenters. The molecule has 1 N–H and O–H groups in total. The zero-order chi connectivity index (χ0) is 25.3. The number of benzene rings is 1. The second-order valence-electron chi connectivity index (χ2n) is 11.3. The molecule has 1 atom stereocenters. The number of oxime groups is 1. The van der Waals surface area contributed by atoms with Crippen molar-refractivity contribution in [2.45, 2.75) is 62.4 Å². The summed E-state index contributed by atoms with van der Waals surface area (Å²) in [6.45, 7) is 5.79. The van der Waals surface area contributed by atoms with Crippen molar-refractivity contribution < 1.29 is 23.5 Å². The van der Waals surface area contributed by atoms with E-state index in [0.29, 0.717) is 81.2 Å². The van der Waals surface area contributed by atoms with Gasteiger partial charge in [0.25, 0.3) is 0 Å². The number of aliphatic hydroxyl groups excluding tert-OH is 1. The van der Waals surface area contributed by atoms with Crippen LogP contribution in [0.15, 0.2) is 23.4 Å². The number of halogens is 2. The third-order valence-corrected chi connectivity index (χ3v) is 8.83. The van der Waals surface area contributed by atoms with E-state index in [1.807, 2.05) is 4.90 Å². The summed E-state index contributed by atoms with van der Waals surface area (Å²) in [7, 11) is 3.65. The second kappa shape index (κ2) is 10.5. The van der Waals surface area contributed by atoms with Crippen LogP contribution in [-0.4, -0.2) is 103 Å². The van der Waals surface area contributed by atoms with E-state index in [0.717, 1.165) is 19.6 Å². The van der Waals surface area contributed by atoms with E-state index >= 15 is 4.39 Å². The molecular formula is C27H40F2N4O3. The van der Waals surface area contributed by atoms with Crippen LogP contribution in [0, 0.1) is 11.7 Å². The van der Waals surface area contributed by atoms with Gasteiger partial charge in [0.1, 0.15) is 30.5 Å². The number of likely N-dealkylation sites (tertiary alicyclic amines) is 3. The van der Waals surface area contributed by atoms with Crippen molar-refractivity contribution in [3.05, 3.63) is 29.6 Å².